The molecule has 23 heavy (non-hydrogen) atoms. The number of benzene rings is 1. The van der Waals surface area contributed by atoms with Crippen molar-refractivity contribution in [3.05, 3.63) is 46.1 Å². The van der Waals surface area contributed by atoms with Gasteiger partial charge in [0.05, 0.1) is 18.0 Å². The smallest absolute Gasteiger partial charge is 0.279 e. The highest BCUT2D eigenvalue weighted by molar-refractivity contribution is 7.86. The fraction of sp³-hybridized carbons (Fsp3) is 0.467. The highest BCUT2D eigenvalue weighted by Crippen LogP contribution is 2.13. The third kappa shape index (κ3) is 3.37. The van der Waals surface area contributed by atoms with Crippen molar-refractivity contribution in [1.29, 1.82) is 0 Å². The van der Waals surface area contributed by atoms with E-state index in [1.807, 2.05) is 6.92 Å². The molecule has 0 aliphatic carbocycles. The van der Waals surface area contributed by atoms with Gasteiger partial charge in [-0.15, -0.1) is 0 Å². The monoisotopic (exact) mass is 337 g/mol. The summed E-state index contributed by atoms with van der Waals surface area (Å²) in [5, 5.41) is 4.25. The van der Waals surface area contributed by atoms with Crippen LogP contribution in [0.4, 0.5) is 0 Å². The summed E-state index contributed by atoms with van der Waals surface area (Å²) in [7, 11) is -3.81. The van der Waals surface area contributed by atoms with Gasteiger partial charge in [-0.25, -0.2) is 9.48 Å². The van der Waals surface area contributed by atoms with Crippen molar-refractivity contribution in [2.75, 3.05) is 6.61 Å². The average Bonchev–Trinajstić information content (AvgIpc) is 2.84. The lowest BCUT2D eigenvalue weighted by atomic mass is 10.2. The first kappa shape index (κ1) is 15.9. The molecule has 0 atom stereocenters. The number of hydrogen-bond donors (Lipinski definition) is 0. The van der Waals surface area contributed by atoms with Gasteiger partial charge in [0, 0.05) is 13.0 Å². The molecule has 0 unspecified atom stereocenters. The highest BCUT2D eigenvalue weighted by atomic mass is 32.2. The van der Waals surface area contributed by atoms with Crippen LogP contribution in [-0.4, -0.2) is 29.4 Å². The lowest BCUT2D eigenvalue weighted by Crippen LogP contribution is -2.28. The van der Waals surface area contributed by atoms with Gasteiger partial charge in [0.25, 0.3) is 10.1 Å². The second-order valence-corrected chi connectivity index (χ2v) is 7.24. The summed E-state index contributed by atoms with van der Waals surface area (Å²) in [4.78, 5) is 12.2. The van der Waals surface area contributed by atoms with E-state index in [-0.39, 0.29) is 23.7 Å². The van der Waals surface area contributed by atoms with Crippen LogP contribution in [0.1, 0.15) is 24.2 Å². The molecular weight excluding hydrogens is 318 g/mol. The van der Waals surface area contributed by atoms with Crippen molar-refractivity contribution in [2.45, 2.75) is 44.2 Å². The quantitative estimate of drug-likeness (QED) is 0.763. The van der Waals surface area contributed by atoms with Crippen molar-refractivity contribution in [2.24, 2.45) is 0 Å². The van der Waals surface area contributed by atoms with Gasteiger partial charge in [-0.05, 0) is 31.9 Å². The molecular formula is C15H19N3O4S. The summed E-state index contributed by atoms with van der Waals surface area (Å²) in [6.45, 7) is 2.55. The Morgan fingerprint density at radius 2 is 1.96 bits per heavy atom. The van der Waals surface area contributed by atoms with Gasteiger partial charge in [-0.2, -0.15) is 13.5 Å². The Hall–Kier alpha value is -1.93. The topological polar surface area (TPSA) is 83.2 Å². The van der Waals surface area contributed by atoms with E-state index >= 15 is 0 Å². The average molecular weight is 337 g/mol. The third-order valence-corrected chi connectivity index (χ3v) is 5.21. The Labute approximate surface area is 134 Å². The predicted octanol–water partition coefficient (Wildman–Crippen LogP) is 1.10. The SMILES string of the molecule is Cc1ccc(S(=O)(=O)OCCn2nc3n(c2=O)CCCC3)cc1. The molecule has 0 saturated heterocycles. The van der Waals surface area contributed by atoms with Gasteiger partial charge in [0.2, 0.25) is 0 Å². The van der Waals surface area contributed by atoms with Crippen LogP contribution in [0.5, 0.6) is 0 Å². The summed E-state index contributed by atoms with van der Waals surface area (Å²) in [5.74, 6) is 0.766. The van der Waals surface area contributed by atoms with Crippen molar-refractivity contribution >= 4 is 10.1 Å². The molecule has 0 saturated carbocycles. The van der Waals surface area contributed by atoms with E-state index in [4.69, 9.17) is 4.18 Å². The summed E-state index contributed by atoms with van der Waals surface area (Å²) in [6.07, 6.45) is 2.77. The van der Waals surface area contributed by atoms with Gasteiger partial charge in [0.15, 0.2) is 0 Å². The van der Waals surface area contributed by atoms with Gasteiger partial charge in [-0.3, -0.25) is 8.75 Å². The van der Waals surface area contributed by atoms with E-state index in [9.17, 15) is 13.2 Å². The van der Waals surface area contributed by atoms with Crippen LogP contribution in [0, 0.1) is 6.92 Å². The minimum atomic E-state index is -3.81. The van der Waals surface area contributed by atoms with Crippen LogP contribution >= 0.6 is 0 Å². The maximum Gasteiger partial charge on any atom is 0.345 e. The Morgan fingerprint density at radius 1 is 1.22 bits per heavy atom. The second-order valence-electron chi connectivity index (χ2n) is 5.62. The first-order valence-corrected chi connectivity index (χ1v) is 9.01. The highest BCUT2D eigenvalue weighted by Gasteiger charge is 2.18. The molecule has 1 aliphatic heterocycles. The number of aryl methyl sites for hydroxylation is 2. The van der Waals surface area contributed by atoms with E-state index in [1.54, 1.807) is 16.7 Å². The molecule has 2 heterocycles. The zero-order chi connectivity index (χ0) is 16.4. The zero-order valence-electron chi connectivity index (χ0n) is 12.9. The molecule has 1 aliphatic rings. The summed E-state index contributed by atoms with van der Waals surface area (Å²) >= 11 is 0. The van der Waals surface area contributed by atoms with E-state index in [1.165, 1.54) is 16.8 Å². The molecule has 0 N–H and O–H groups in total. The molecule has 7 nitrogen and oxygen atoms in total. The van der Waals surface area contributed by atoms with E-state index < -0.39 is 10.1 Å². The minimum absolute atomic E-state index is 0.111. The molecule has 1 aromatic heterocycles. The molecule has 0 amide bonds. The summed E-state index contributed by atoms with van der Waals surface area (Å²) in [6, 6.07) is 6.44. The van der Waals surface area contributed by atoms with E-state index in [2.05, 4.69) is 5.10 Å². The normalized spacial score (nSPS) is 14.7. The molecule has 2 aromatic rings. The number of fused-ring (bicyclic) bond motifs is 1. The number of rotatable bonds is 5. The molecule has 0 bridgehead atoms. The van der Waals surface area contributed by atoms with Crippen LogP contribution in [-0.2, 0) is 33.8 Å². The molecule has 0 radical (unpaired) electrons. The molecule has 0 fully saturated rings. The van der Waals surface area contributed by atoms with Gasteiger partial charge in [-0.1, -0.05) is 17.7 Å². The first-order chi connectivity index (χ1) is 11.0. The standard InChI is InChI=1S/C15H19N3O4S/c1-12-5-7-13(8-6-12)23(20,21)22-11-10-18-15(19)17-9-3-2-4-14(17)16-18/h5-8H,2-4,9-11H2,1H3. The number of aromatic nitrogens is 3. The maximum absolute atomic E-state index is 12.1. The maximum atomic E-state index is 12.1. The fourth-order valence-electron chi connectivity index (χ4n) is 2.60. The van der Waals surface area contributed by atoms with Crippen LogP contribution in [0.25, 0.3) is 0 Å². The van der Waals surface area contributed by atoms with Crippen molar-refractivity contribution in [3.8, 4) is 0 Å². The predicted molar refractivity (Wildman–Crippen MR) is 83.7 cm³/mol. The molecule has 1 aromatic carbocycles. The second kappa shape index (κ2) is 6.29. The van der Waals surface area contributed by atoms with Crippen LogP contribution in [0.2, 0.25) is 0 Å². The lowest BCUT2D eigenvalue weighted by molar-refractivity contribution is 0.291. The summed E-state index contributed by atoms with van der Waals surface area (Å²) in [5.41, 5.74) is 0.773. The van der Waals surface area contributed by atoms with E-state index in [0.717, 1.165) is 30.7 Å². The van der Waals surface area contributed by atoms with Gasteiger partial charge < -0.3 is 0 Å². The Morgan fingerprint density at radius 3 is 2.65 bits per heavy atom. The van der Waals surface area contributed by atoms with E-state index in [0.29, 0.717) is 6.54 Å². The van der Waals surface area contributed by atoms with Crippen molar-refractivity contribution < 1.29 is 12.6 Å². The van der Waals surface area contributed by atoms with Crippen LogP contribution < -0.4 is 5.69 Å². The fourth-order valence-corrected chi connectivity index (χ4v) is 3.50. The van der Waals surface area contributed by atoms with Crippen molar-refractivity contribution in [1.82, 2.24) is 14.3 Å². The Balaban J connectivity index is 1.66. The van der Waals surface area contributed by atoms with Crippen LogP contribution in [0.3, 0.4) is 0 Å². The minimum Gasteiger partial charge on any atom is -0.279 e. The number of hydrogen-bond acceptors (Lipinski definition) is 5. The first-order valence-electron chi connectivity index (χ1n) is 7.60. The third-order valence-electron chi connectivity index (χ3n) is 3.88. The zero-order valence-corrected chi connectivity index (χ0v) is 13.8. The van der Waals surface area contributed by atoms with Gasteiger partial charge >= 0.3 is 5.69 Å². The molecule has 8 heteroatoms. The molecule has 124 valence electrons. The Kier molecular flexibility index (Phi) is 4.36. The molecule has 0 spiro atoms. The lowest BCUT2D eigenvalue weighted by Gasteiger charge is -2.09. The Bertz CT molecular complexity index is 850. The number of nitrogens with zero attached hydrogens (tertiary/aromatic N) is 3. The molecule has 3 rings (SSSR count). The van der Waals surface area contributed by atoms with Gasteiger partial charge in [0.1, 0.15) is 5.82 Å². The van der Waals surface area contributed by atoms with Crippen molar-refractivity contribution in [3.63, 3.8) is 0 Å². The largest absolute Gasteiger partial charge is 0.345 e. The van der Waals surface area contributed by atoms with Crippen LogP contribution in [0.15, 0.2) is 34.0 Å². The summed E-state index contributed by atoms with van der Waals surface area (Å²) < 4.78 is 32.1.